The number of carbonyl (C=O) groups is 1. The standard InChI is InChI=1S/C31H26F2N6O3S/c1-36(2)16-21-27-29(41)39(25-9-4-8-24(35-25)37-15-5-10-26(37)40)31(42)38(17-20-22(32)6-3-7-23(20)33)30(27)43-28(21)18-11-13-19(34)14-12-18/h3-9,11-15H,10,16-17,34H2,1-2H3. The van der Waals surface area contributed by atoms with Crippen LogP contribution in [0, 0.1) is 11.6 Å². The number of carbonyl (C=O) groups excluding carboxylic acids is 1. The molecule has 0 radical (unpaired) electrons. The van der Waals surface area contributed by atoms with Crippen molar-refractivity contribution in [2.45, 2.75) is 19.5 Å². The first kappa shape index (κ1) is 28.2. The van der Waals surface area contributed by atoms with Gasteiger partial charge in [0, 0.05) is 35.3 Å². The molecule has 0 aliphatic carbocycles. The lowest BCUT2D eigenvalue weighted by molar-refractivity contribution is -0.116. The second-order valence-corrected chi connectivity index (χ2v) is 11.4. The highest BCUT2D eigenvalue weighted by molar-refractivity contribution is 7.22. The minimum Gasteiger partial charge on any atom is -0.399 e. The Balaban J connectivity index is 1.68. The van der Waals surface area contributed by atoms with E-state index in [0.717, 1.165) is 27.1 Å². The van der Waals surface area contributed by atoms with E-state index in [1.807, 2.05) is 31.1 Å². The van der Waals surface area contributed by atoms with Crippen LogP contribution in [0.3, 0.4) is 0 Å². The number of hydrogen-bond donors (Lipinski definition) is 1. The van der Waals surface area contributed by atoms with Gasteiger partial charge in [0.15, 0.2) is 0 Å². The van der Waals surface area contributed by atoms with Gasteiger partial charge < -0.3 is 10.6 Å². The molecule has 9 nitrogen and oxygen atoms in total. The molecule has 2 N–H and O–H groups in total. The Morgan fingerprint density at radius 3 is 2.26 bits per heavy atom. The molecule has 1 aliphatic heterocycles. The summed E-state index contributed by atoms with van der Waals surface area (Å²) in [5.41, 5.74) is 6.12. The molecule has 0 bridgehead atoms. The van der Waals surface area contributed by atoms with Crippen molar-refractivity contribution < 1.29 is 13.6 Å². The number of nitrogen functional groups attached to an aromatic ring is 1. The molecule has 12 heteroatoms. The van der Waals surface area contributed by atoms with Crippen molar-refractivity contribution in [2.24, 2.45) is 0 Å². The minimum absolute atomic E-state index is 0.0266. The number of nitrogens with zero attached hydrogens (tertiary/aromatic N) is 5. The molecule has 0 fully saturated rings. The van der Waals surface area contributed by atoms with Gasteiger partial charge in [-0.1, -0.05) is 30.3 Å². The third-order valence-electron chi connectivity index (χ3n) is 7.11. The summed E-state index contributed by atoms with van der Waals surface area (Å²) in [4.78, 5) is 49.6. The van der Waals surface area contributed by atoms with E-state index in [9.17, 15) is 23.2 Å². The fourth-order valence-electron chi connectivity index (χ4n) is 5.10. The van der Waals surface area contributed by atoms with Gasteiger partial charge in [0.25, 0.3) is 5.56 Å². The molecule has 0 atom stereocenters. The maximum Gasteiger partial charge on any atom is 0.338 e. The van der Waals surface area contributed by atoms with Gasteiger partial charge in [-0.25, -0.2) is 23.1 Å². The van der Waals surface area contributed by atoms with Crippen LogP contribution in [0.15, 0.2) is 82.5 Å². The van der Waals surface area contributed by atoms with Crippen LogP contribution in [-0.2, 0) is 17.9 Å². The quantitative estimate of drug-likeness (QED) is 0.276. The lowest BCUT2D eigenvalue weighted by Gasteiger charge is -2.16. The number of hydrogen-bond acceptors (Lipinski definition) is 7. The van der Waals surface area contributed by atoms with Crippen molar-refractivity contribution in [3.05, 3.63) is 117 Å². The van der Waals surface area contributed by atoms with E-state index in [1.165, 1.54) is 32.9 Å². The maximum atomic E-state index is 14.9. The lowest BCUT2D eigenvalue weighted by atomic mass is 10.1. The second kappa shape index (κ2) is 11.0. The zero-order valence-corrected chi connectivity index (χ0v) is 24.1. The van der Waals surface area contributed by atoms with E-state index in [4.69, 9.17) is 5.73 Å². The van der Waals surface area contributed by atoms with Crippen molar-refractivity contribution in [3.8, 4) is 16.3 Å². The van der Waals surface area contributed by atoms with Gasteiger partial charge in [0.2, 0.25) is 5.91 Å². The molecule has 0 unspecified atom stereocenters. The molecule has 0 saturated heterocycles. The zero-order chi connectivity index (χ0) is 30.4. The Labute approximate surface area is 248 Å². The number of anilines is 2. The molecular weight excluding hydrogens is 574 g/mol. The Hall–Kier alpha value is -4.94. The number of rotatable bonds is 7. The van der Waals surface area contributed by atoms with Gasteiger partial charge in [-0.05, 0) is 61.6 Å². The molecule has 1 amide bonds. The average Bonchev–Trinajstić information content (AvgIpc) is 3.56. The summed E-state index contributed by atoms with van der Waals surface area (Å²) in [6.07, 6.45) is 3.46. The molecule has 0 saturated carbocycles. The Bertz CT molecular complexity index is 2030. The molecular formula is C31H26F2N6O3S. The van der Waals surface area contributed by atoms with Gasteiger partial charge in [-0.3, -0.25) is 19.1 Å². The van der Waals surface area contributed by atoms with Crippen molar-refractivity contribution >= 4 is 39.0 Å². The summed E-state index contributed by atoms with van der Waals surface area (Å²) in [5, 5.41) is 0.228. The predicted molar refractivity (Wildman–Crippen MR) is 163 cm³/mol. The van der Waals surface area contributed by atoms with Crippen molar-refractivity contribution in [3.63, 3.8) is 0 Å². The zero-order valence-electron chi connectivity index (χ0n) is 23.3. The van der Waals surface area contributed by atoms with Gasteiger partial charge in [-0.15, -0.1) is 11.3 Å². The molecule has 2 aromatic carbocycles. The summed E-state index contributed by atoms with van der Waals surface area (Å²) < 4.78 is 31.9. The molecule has 1 aliphatic rings. The SMILES string of the molecule is CN(C)Cc1c(-c2ccc(N)cc2)sc2c1c(=O)n(-c1cccc(N3C=CCC3=O)n1)c(=O)n2Cc1c(F)cccc1F. The van der Waals surface area contributed by atoms with Crippen LogP contribution < -0.4 is 21.9 Å². The number of aromatic nitrogens is 3. The highest BCUT2D eigenvalue weighted by Crippen LogP contribution is 2.38. The van der Waals surface area contributed by atoms with Gasteiger partial charge in [0.1, 0.15) is 28.1 Å². The van der Waals surface area contributed by atoms with Crippen LogP contribution >= 0.6 is 11.3 Å². The highest BCUT2D eigenvalue weighted by Gasteiger charge is 2.26. The monoisotopic (exact) mass is 600 g/mol. The first-order chi connectivity index (χ1) is 20.6. The van der Waals surface area contributed by atoms with Crippen LogP contribution in [0.2, 0.25) is 0 Å². The summed E-state index contributed by atoms with van der Waals surface area (Å²) in [6.45, 7) is -0.133. The molecule has 218 valence electrons. The number of nitrogens with two attached hydrogens (primary N) is 1. The molecule has 5 aromatic rings. The third-order valence-corrected chi connectivity index (χ3v) is 8.41. The summed E-state index contributed by atoms with van der Waals surface area (Å²) >= 11 is 1.19. The van der Waals surface area contributed by atoms with Crippen molar-refractivity contribution in [2.75, 3.05) is 24.7 Å². The predicted octanol–water partition coefficient (Wildman–Crippen LogP) is 4.50. The third kappa shape index (κ3) is 5.04. The van der Waals surface area contributed by atoms with Gasteiger partial charge >= 0.3 is 5.69 Å². The molecule has 0 spiro atoms. The van der Waals surface area contributed by atoms with Crippen LogP contribution in [0.25, 0.3) is 26.5 Å². The Kier molecular flexibility index (Phi) is 7.24. The second-order valence-electron chi connectivity index (χ2n) is 10.4. The number of thiophene rings is 1. The lowest BCUT2D eigenvalue weighted by Crippen LogP contribution is -2.40. The first-order valence-electron chi connectivity index (χ1n) is 13.3. The topological polar surface area (TPSA) is 106 Å². The average molecular weight is 601 g/mol. The van der Waals surface area contributed by atoms with Crippen LogP contribution in [0.5, 0.6) is 0 Å². The fraction of sp³-hybridized carbons (Fsp3) is 0.161. The Morgan fingerprint density at radius 1 is 0.930 bits per heavy atom. The normalized spacial score (nSPS) is 13.1. The molecule has 4 heterocycles. The number of halogens is 2. The largest absolute Gasteiger partial charge is 0.399 e. The van der Waals surface area contributed by atoms with Gasteiger partial charge in [0.05, 0.1) is 11.9 Å². The van der Waals surface area contributed by atoms with Crippen LogP contribution in [-0.4, -0.2) is 39.0 Å². The minimum atomic E-state index is -0.824. The number of pyridine rings is 1. The molecule has 3 aromatic heterocycles. The first-order valence-corrected chi connectivity index (χ1v) is 14.2. The van der Waals surface area contributed by atoms with Crippen LogP contribution in [0.4, 0.5) is 20.3 Å². The van der Waals surface area contributed by atoms with E-state index < -0.39 is 29.4 Å². The maximum absolute atomic E-state index is 14.9. The van der Waals surface area contributed by atoms with Crippen molar-refractivity contribution in [1.29, 1.82) is 0 Å². The number of fused-ring (bicyclic) bond motifs is 1. The Morgan fingerprint density at radius 2 is 1.60 bits per heavy atom. The van der Waals surface area contributed by atoms with Crippen molar-refractivity contribution in [1.82, 2.24) is 19.0 Å². The molecule has 6 rings (SSSR count). The number of amides is 1. The fourth-order valence-corrected chi connectivity index (χ4v) is 6.40. The molecule has 43 heavy (non-hydrogen) atoms. The van der Waals surface area contributed by atoms with E-state index in [2.05, 4.69) is 4.98 Å². The van der Waals surface area contributed by atoms with Crippen LogP contribution in [0.1, 0.15) is 17.5 Å². The smallest absolute Gasteiger partial charge is 0.338 e. The summed E-state index contributed by atoms with van der Waals surface area (Å²) in [5.74, 6) is -1.64. The van der Waals surface area contributed by atoms with E-state index >= 15 is 0 Å². The van der Waals surface area contributed by atoms with E-state index in [0.29, 0.717) is 17.8 Å². The van der Waals surface area contributed by atoms with Gasteiger partial charge in [-0.2, -0.15) is 0 Å². The summed E-state index contributed by atoms with van der Waals surface area (Å²) in [7, 11) is 3.70. The number of benzene rings is 2. The highest BCUT2D eigenvalue weighted by atomic mass is 32.1. The van der Waals surface area contributed by atoms with E-state index in [1.54, 1.807) is 36.5 Å². The summed E-state index contributed by atoms with van der Waals surface area (Å²) in [6, 6.07) is 15.3. The van der Waals surface area contributed by atoms with E-state index in [-0.39, 0.29) is 39.7 Å².